The maximum absolute atomic E-state index is 9.14. The molecule has 0 aromatic heterocycles. The highest BCUT2D eigenvalue weighted by Gasteiger charge is 2.51. The molecule has 96 valence electrons. The van der Waals surface area contributed by atoms with Crippen molar-refractivity contribution in [1.29, 1.82) is 5.26 Å². The number of hydrogen-bond donors (Lipinski definition) is 0. The minimum atomic E-state index is -0.0849. The summed E-state index contributed by atoms with van der Waals surface area (Å²) >= 11 is 0. The number of rotatable bonds is 5. The largest absolute Gasteiger partial charge is 0.289 e. The number of hydrogen-bond acceptors (Lipinski definition) is 2. The molecule has 2 fully saturated rings. The van der Waals surface area contributed by atoms with Gasteiger partial charge in [0, 0.05) is 0 Å². The summed E-state index contributed by atoms with van der Waals surface area (Å²) in [5, 5.41) is 9.14. The van der Waals surface area contributed by atoms with E-state index in [9.17, 15) is 0 Å². The fourth-order valence-corrected chi connectivity index (χ4v) is 3.09. The van der Waals surface area contributed by atoms with Gasteiger partial charge in [0.25, 0.3) is 0 Å². The summed E-state index contributed by atoms with van der Waals surface area (Å²) < 4.78 is 0. The molecule has 0 bridgehead atoms. The van der Waals surface area contributed by atoms with Crippen LogP contribution in [0.5, 0.6) is 0 Å². The van der Waals surface area contributed by atoms with Gasteiger partial charge >= 0.3 is 0 Å². The molecule has 0 unspecified atom stereocenters. The van der Waals surface area contributed by atoms with Crippen LogP contribution in [0.3, 0.4) is 0 Å². The van der Waals surface area contributed by atoms with Crippen molar-refractivity contribution in [1.82, 2.24) is 4.90 Å². The second kappa shape index (κ2) is 3.99. The fraction of sp³-hybridized carbons (Fsp3) is 0.933. The Morgan fingerprint density at radius 1 is 1.18 bits per heavy atom. The molecule has 2 aliphatic rings. The van der Waals surface area contributed by atoms with E-state index in [1.54, 1.807) is 0 Å². The Labute approximate surface area is 106 Å². The average Bonchev–Trinajstić information content (AvgIpc) is 3.12. The van der Waals surface area contributed by atoms with Crippen molar-refractivity contribution in [2.45, 2.75) is 64.8 Å². The van der Waals surface area contributed by atoms with Crippen LogP contribution in [0, 0.1) is 22.2 Å². The molecule has 2 nitrogen and oxygen atoms in total. The van der Waals surface area contributed by atoms with Crippen LogP contribution in [-0.4, -0.2) is 24.0 Å². The lowest BCUT2D eigenvalue weighted by atomic mass is 9.75. The van der Waals surface area contributed by atoms with Crippen LogP contribution in [-0.2, 0) is 0 Å². The fourth-order valence-electron chi connectivity index (χ4n) is 3.09. The summed E-state index contributed by atoms with van der Waals surface area (Å²) in [5.74, 6) is 0. The summed E-state index contributed by atoms with van der Waals surface area (Å²) in [7, 11) is 2.12. The van der Waals surface area contributed by atoms with Crippen molar-refractivity contribution >= 4 is 0 Å². The van der Waals surface area contributed by atoms with E-state index in [2.05, 4.69) is 38.8 Å². The lowest BCUT2D eigenvalue weighted by Gasteiger charge is -2.32. The zero-order valence-electron chi connectivity index (χ0n) is 11.8. The predicted octanol–water partition coefficient (Wildman–Crippen LogP) is 3.58. The monoisotopic (exact) mass is 234 g/mol. The van der Waals surface area contributed by atoms with Crippen LogP contribution in [0.15, 0.2) is 0 Å². The standard InChI is InChI=1S/C15H26N2/c1-13(2,3)14(7-8-14)6-5-11-17(4)15(12-16)9-10-15/h5-11H2,1-4H3. The van der Waals surface area contributed by atoms with E-state index in [1.807, 2.05) is 0 Å². The zero-order chi connectivity index (χ0) is 12.7. The first-order valence-corrected chi connectivity index (χ1v) is 6.98. The Morgan fingerprint density at radius 2 is 1.76 bits per heavy atom. The maximum atomic E-state index is 9.14. The summed E-state index contributed by atoms with van der Waals surface area (Å²) in [4.78, 5) is 2.28. The molecule has 0 atom stereocenters. The number of nitrogens with zero attached hydrogens (tertiary/aromatic N) is 2. The van der Waals surface area contributed by atoms with Gasteiger partial charge in [0.1, 0.15) is 5.54 Å². The SMILES string of the molecule is CN(CCCC1(C(C)(C)C)CC1)C1(C#N)CC1. The molecular formula is C15H26N2. The first-order chi connectivity index (χ1) is 7.85. The Hall–Kier alpha value is -0.550. The molecule has 0 spiro atoms. The lowest BCUT2D eigenvalue weighted by molar-refractivity contribution is 0.179. The van der Waals surface area contributed by atoms with Gasteiger partial charge in [-0.2, -0.15) is 5.26 Å². The third kappa shape index (κ3) is 2.36. The Morgan fingerprint density at radius 3 is 2.12 bits per heavy atom. The molecule has 0 saturated heterocycles. The van der Waals surface area contributed by atoms with Gasteiger partial charge in [-0.25, -0.2) is 0 Å². The van der Waals surface area contributed by atoms with Crippen LogP contribution in [0.2, 0.25) is 0 Å². The second-order valence-electron chi connectivity index (χ2n) is 7.20. The van der Waals surface area contributed by atoms with Crippen LogP contribution in [0.1, 0.15) is 59.3 Å². The van der Waals surface area contributed by atoms with E-state index in [-0.39, 0.29) is 5.54 Å². The molecule has 2 aliphatic carbocycles. The highest BCUT2D eigenvalue weighted by molar-refractivity contribution is 5.18. The summed E-state index contributed by atoms with van der Waals surface area (Å²) in [6.07, 6.45) is 7.54. The summed E-state index contributed by atoms with van der Waals surface area (Å²) in [6, 6.07) is 2.47. The maximum Gasteiger partial charge on any atom is 0.109 e. The van der Waals surface area contributed by atoms with E-state index in [1.165, 1.54) is 25.7 Å². The first-order valence-electron chi connectivity index (χ1n) is 6.98. The molecule has 2 heteroatoms. The third-order valence-electron chi connectivity index (χ3n) is 5.26. The summed E-state index contributed by atoms with van der Waals surface area (Å²) in [5.41, 5.74) is 0.980. The highest BCUT2D eigenvalue weighted by atomic mass is 15.2. The van der Waals surface area contributed by atoms with E-state index in [4.69, 9.17) is 5.26 Å². The van der Waals surface area contributed by atoms with Gasteiger partial charge in [-0.15, -0.1) is 0 Å². The minimum Gasteiger partial charge on any atom is -0.289 e. The molecule has 0 radical (unpaired) electrons. The van der Waals surface area contributed by atoms with E-state index in [0.29, 0.717) is 10.8 Å². The van der Waals surface area contributed by atoms with Crippen molar-refractivity contribution in [2.75, 3.05) is 13.6 Å². The Bertz CT molecular complexity index is 324. The first kappa shape index (κ1) is 12.9. The van der Waals surface area contributed by atoms with Crippen molar-refractivity contribution in [2.24, 2.45) is 10.8 Å². The van der Waals surface area contributed by atoms with Crippen LogP contribution in [0.25, 0.3) is 0 Å². The Kier molecular flexibility index (Phi) is 3.02. The van der Waals surface area contributed by atoms with E-state index >= 15 is 0 Å². The quantitative estimate of drug-likeness (QED) is 0.727. The predicted molar refractivity (Wildman–Crippen MR) is 70.6 cm³/mol. The molecule has 0 amide bonds. The van der Waals surface area contributed by atoms with Gasteiger partial charge in [0.05, 0.1) is 6.07 Å². The lowest BCUT2D eigenvalue weighted by Crippen LogP contribution is -2.34. The molecule has 2 saturated carbocycles. The van der Waals surface area contributed by atoms with Crippen molar-refractivity contribution < 1.29 is 0 Å². The van der Waals surface area contributed by atoms with Crippen LogP contribution in [0.4, 0.5) is 0 Å². The molecule has 0 aromatic carbocycles. The van der Waals surface area contributed by atoms with Crippen molar-refractivity contribution in [3.8, 4) is 6.07 Å². The van der Waals surface area contributed by atoms with Crippen molar-refractivity contribution in [3.05, 3.63) is 0 Å². The van der Waals surface area contributed by atoms with Crippen molar-refractivity contribution in [3.63, 3.8) is 0 Å². The molecule has 0 aromatic rings. The smallest absolute Gasteiger partial charge is 0.109 e. The molecule has 0 N–H and O–H groups in total. The summed E-state index contributed by atoms with van der Waals surface area (Å²) in [6.45, 7) is 8.22. The number of nitriles is 1. The van der Waals surface area contributed by atoms with Gasteiger partial charge < -0.3 is 0 Å². The molecule has 2 rings (SSSR count). The molecule has 0 aliphatic heterocycles. The van der Waals surface area contributed by atoms with Gasteiger partial charge in [0.2, 0.25) is 0 Å². The van der Waals surface area contributed by atoms with E-state index in [0.717, 1.165) is 19.4 Å². The van der Waals surface area contributed by atoms with Crippen LogP contribution < -0.4 is 0 Å². The normalized spacial score (nSPS) is 24.5. The highest BCUT2D eigenvalue weighted by Crippen LogP contribution is 2.61. The molecule has 0 heterocycles. The zero-order valence-corrected chi connectivity index (χ0v) is 11.8. The Balaban J connectivity index is 1.76. The molecular weight excluding hydrogens is 208 g/mol. The van der Waals surface area contributed by atoms with E-state index < -0.39 is 0 Å². The van der Waals surface area contributed by atoms with Crippen LogP contribution >= 0.6 is 0 Å². The van der Waals surface area contributed by atoms with Gasteiger partial charge in [-0.1, -0.05) is 20.8 Å². The van der Waals surface area contributed by atoms with Gasteiger partial charge in [-0.05, 0) is 62.9 Å². The third-order valence-corrected chi connectivity index (χ3v) is 5.26. The van der Waals surface area contributed by atoms with Gasteiger partial charge in [-0.3, -0.25) is 4.90 Å². The minimum absolute atomic E-state index is 0.0849. The van der Waals surface area contributed by atoms with Gasteiger partial charge in [0.15, 0.2) is 0 Å². The average molecular weight is 234 g/mol. The second-order valence-corrected chi connectivity index (χ2v) is 7.20. The molecule has 17 heavy (non-hydrogen) atoms. The topological polar surface area (TPSA) is 27.0 Å².